The molecule has 2 N–H and O–H groups in total. The van der Waals surface area contributed by atoms with Crippen molar-refractivity contribution in [1.29, 1.82) is 0 Å². The fourth-order valence-electron chi connectivity index (χ4n) is 1.97. The second-order valence-electron chi connectivity index (χ2n) is 4.17. The third kappa shape index (κ3) is 1.78. The number of nitrogen functional groups attached to an aromatic ring is 1. The summed E-state index contributed by atoms with van der Waals surface area (Å²) in [6.45, 7) is 1.99. The lowest BCUT2D eigenvalue weighted by Gasteiger charge is -2.05. The number of hydrogen-bond donors (Lipinski definition) is 1. The maximum absolute atomic E-state index is 5.72. The lowest BCUT2D eigenvalue weighted by Crippen LogP contribution is -1.95. The first kappa shape index (κ1) is 10.7. The van der Waals surface area contributed by atoms with Crippen LogP contribution in [0.25, 0.3) is 22.3 Å². The molecule has 3 heterocycles. The molecule has 4 nitrogen and oxygen atoms in total. The van der Waals surface area contributed by atoms with E-state index < -0.39 is 0 Å². The van der Waals surface area contributed by atoms with Crippen molar-refractivity contribution < 1.29 is 0 Å². The number of pyridine rings is 3. The molecule has 0 aliphatic heterocycles. The maximum Gasteiger partial charge on any atom is 0.124 e. The predicted molar refractivity (Wildman–Crippen MR) is 71.9 cm³/mol. The zero-order valence-electron chi connectivity index (χ0n) is 9.96. The van der Waals surface area contributed by atoms with Gasteiger partial charge in [0, 0.05) is 18.0 Å². The molecule has 3 aromatic rings. The van der Waals surface area contributed by atoms with Crippen LogP contribution in [0.15, 0.2) is 42.7 Å². The Labute approximate surface area is 105 Å². The molecule has 0 spiro atoms. The standard InChI is InChI=1S/C14H12N4/c1-9-7-13(15)17-12-5-4-11(18-14(9)12)10-3-2-6-16-8-10/h2-8H,1H3,(H2,15,17). The molecule has 88 valence electrons. The van der Waals surface area contributed by atoms with Crippen LogP contribution in [0.4, 0.5) is 5.82 Å². The molecule has 0 fully saturated rings. The summed E-state index contributed by atoms with van der Waals surface area (Å²) in [5, 5.41) is 0. The first-order valence-corrected chi connectivity index (χ1v) is 5.68. The number of aromatic nitrogens is 3. The number of aryl methyl sites for hydroxylation is 1. The molecule has 0 aliphatic rings. The highest BCUT2D eigenvalue weighted by Crippen LogP contribution is 2.22. The van der Waals surface area contributed by atoms with Gasteiger partial charge in [0.25, 0.3) is 0 Å². The number of fused-ring (bicyclic) bond motifs is 1. The zero-order valence-corrected chi connectivity index (χ0v) is 9.96. The van der Waals surface area contributed by atoms with Gasteiger partial charge in [0.1, 0.15) is 5.82 Å². The molecule has 0 atom stereocenters. The molecule has 0 aliphatic carbocycles. The maximum atomic E-state index is 5.72. The minimum absolute atomic E-state index is 0.524. The molecule has 0 saturated carbocycles. The molecule has 0 saturated heterocycles. The topological polar surface area (TPSA) is 64.7 Å². The van der Waals surface area contributed by atoms with Crippen molar-refractivity contribution in [1.82, 2.24) is 15.0 Å². The summed E-state index contributed by atoms with van der Waals surface area (Å²) in [6.07, 6.45) is 3.55. The van der Waals surface area contributed by atoms with Crippen LogP contribution in [0.2, 0.25) is 0 Å². The predicted octanol–water partition coefficient (Wildman–Crippen LogP) is 2.58. The molecule has 0 unspecified atom stereocenters. The van der Waals surface area contributed by atoms with E-state index in [0.717, 1.165) is 27.9 Å². The second-order valence-corrected chi connectivity index (χ2v) is 4.17. The third-order valence-electron chi connectivity index (χ3n) is 2.82. The van der Waals surface area contributed by atoms with Gasteiger partial charge in [-0.15, -0.1) is 0 Å². The summed E-state index contributed by atoms with van der Waals surface area (Å²) >= 11 is 0. The van der Waals surface area contributed by atoms with Crippen LogP contribution in [0.3, 0.4) is 0 Å². The summed E-state index contributed by atoms with van der Waals surface area (Å²) in [7, 11) is 0. The Bertz CT molecular complexity index is 708. The van der Waals surface area contributed by atoms with Gasteiger partial charge in [-0.25, -0.2) is 9.97 Å². The zero-order chi connectivity index (χ0) is 12.5. The molecular formula is C14H12N4. The average Bonchev–Trinajstić information content (AvgIpc) is 2.39. The lowest BCUT2D eigenvalue weighted by molar-refractivity contribution is 1.28. The van der Waals surface area contributed by atoms with E-state index in [0.29, 0.717) is 5.82 Å². The van der Waals surface area contributed by atoms with Crippen LogP contribution in [-0.4, -0.2) is 15.0 Å². The normalized spacial score (nSPS) is 10.7. The smallest absolute Gasteiger partial charge is 0.124 e. The fourth-order valence-corrected chi connectivity index (χ4v) is 1.97. The monoisotopic (exact) mass is 236 g/mol. The van der Waals surface area contributed by atoms with Gasteiger partial charge in [0.15, 0.2) is 0 Å². The van der Waals surface area contributed by atoms with Gasteiger partial charge in [0.2, 0.25) is 0 Å². The minimum Gasteiger partial charge on any atom is -0.384 e. The van der Waals surface area contributed by atoms with Crippen LogP contribution in [0.1, 0.15) is 5.56 Å². The summed E-state index contributed by atoms with van der Waals surface area (Å²) in [4.78, 5) is 13.0. The Kier molecular flexibility index (Phi) is 2.41. The Morgan fingerprint density at radius 1 is 1.11 bits per heavy atom. The molecule has 0 bridgehead atoms. The highest BCUT2D eigenvalue weighted by atomic mass is 14.9. The first-order valence-electron chi connectivity index (χ1n) is 5.68. The van der Waals surface area contributed by atoms with Gasteiger partial charge in [-0.2, -0.15) is 0 Å². The van der Waals surface area contributed by atoms with E-state index in [1.54, 1.807) is 12.4 Å². The van der Waals surface area contributed by atoms with Crippen LogP contribution >= 0.6 is 0 Å². The van der Waals surface area contributed by atoms with Gasteiger partial charge in [-0.3, -0.25) is 4.98 Å². The van der Waals surface area contributed by atoms with E-state index in [1.165, 1.54) is 0 Å². The van der Waals surface area contributed by atoms with Crippen molar-refractivity contribution in [3.8, 4) is 11.3 Å². The van der Waals surface area contributed by atoms with Crippen molar-refractivity contribution in [2.24, 2.45) is 0 Å². The lowest BCUT2D eigenvalue weighted by atomic mass is 10.1. The molecule has 3 aromatic heterocycles. The van der Waals surface area contributed by atoms with E-state index in [9.17, 15) is 0 Å². The van der Waals surface area contributed by atoms with Gasteiger partial charge >= 0.3 is 0 Å². The van der Waals surface area contributed by atoms with Crippen molar-refractivity contribution in [2.45, 2.75) is 6.92 Å². The van der Waals surface area contributed by atoms with E-state index in [2.05, 4.69) is 15.0 Å². The van der Waals surface area contributed by atoms with Gasteiger partial charge in [0.05, 0.1) is 16.7 Å². The first-order chi connectivity index (χ1) is 8.74. The van der Waals surface area contributed by atoms with Crippen molar-refractivity contribution >= 4 is 16.9 Å². The van der Waals surface area contributed by atoms with Crippen molar-refractivity contribution in [3.05, 3.63) is 48.3 Å². The molecular weight excluding hydrogens is 224 g/mol. The Hall–Kier alpha value is -2.49. The molecule has 0 radical (unpaired) electrons. The molecule has 0 amide bonds. The number of nitrogens with two attached hydrogens (primary N) is 1. The van der Waals surface area contributed by atoms with E-state index in [4.69, 9.17) is 5.73 Å². The number of hydrogen-bond acceptors (Lipinski definition) is 4. The minimum atomic E-state index is 0.524. The van der Waals surface area contributed by atoms with Crippen LogP contribution in [0, 0.1) is 6.92 Å². The Morgan fingerprint density at radius 3 is 2.78 bits per heavy atom. The summed E-state index contributed by atoms with van der Waals surface area (Å²) < 4.78 is 0. The number of anilines is 1. The molecule has 18 heavy (non-hydrogen) atoms. The number of nitrogens with zero attached hydrogens (tertiary/aromatic N) is 3. The van der Waals surface area contributed by atoms with E-state index >= 15 is 0 Å². The van der Waals surface area contributed by atoms with Crippen LogP contribution in [0.5, 0.6) is 0 Å². The quantitative estimate of drug-likeness (QED) is 0.705. The second kappa shape index (κ2) is 4.07. The Balaban J connectivity index is 2.23. The van der Waals surface area contributed by atoms with Crippen LogP contribution in [-0.2, 0) is 0 Å². The van der Waals surface area contributed by atoms with Gasteiger partial charge in [-0.05, 0) is 42.8 Å². The summed E-state index contributed by atoms with van der Waals surface area (Å²) in [5.74, 6) is 0.524. The third-order valence-corrected chi connectivity index (χ3v) is 2.82. The molecule has 3 rings (SSSR count). The summed E-state index contributed by atoms with van der Waals surface area (Å²) in [5.41, 5.74) is 10.3. The largest absolute Gasteiger partial charge is 0.384 e. The molecule has 4 heteroatoms. The highest BCUT2D eigenvalue weighted by Gasteiger charge is 2.05. The number of rotatable bonds is 1. The van der Waals surface area contributed by atoms with E-state index in [1.807, 2.05) is 37.3 Å². The van der Waals surface area contributed by atoms with Crippen LogP contribution < -0.4 is 5.73 Å². The van der Waals surface area contributed by atoms with E-state index in [-0.39, 0.29) is 0 Å². The van der Waals surface area contributed by atoms with Gasteiger partial charge < -0.3 is 5.73 Å². The Morgan fingerprint density at radius 2 is 2.00 bits per heavy atom. The fraction of sp³-hybridized carbons (Fsp3) is 0.0714. The highest BCUT2D eigenvalue weighted by molar-refractivity contribution is 5.82. The van der Waals surface area contributed by atoms with Gasteiger partial charge in [-0.1, -0.05) is 0 Å². The average molecular weight is 236 g/mol. The summed E-state index contributed by atoms with van der Waals surface area (Å²) in [6, 6.07) is 9.60. The SMILES string of the molecule is Cc1cc(N)nc2ccc(-c3cccnc3)nc12. The van der Waals surface area contributed by atoms with Crippen molar-refractivity contribution in [3.63, 3.8) is 0 Å². The molecule has 0 aromatic carbocycles. The van der Waals surface area contributed by atoms with Crippen molar-refractivity contribution in [2.75, 3.05) is 5.73 Å².